The minimum atomic E-state index is -4.55. The summed E-state index contributed by atoms with van der Waals surface area (Å²) >= 11 is 0. The summed E-state index contributed by atoms with van der Waals surface area (Å²) in [5, 5.41) is 13.5. The molecule has 2 aromatic rings. The summed E-state index contributed by atoms with van der Waals surface area (Å²) in [6, 6.07) is 7.47. The molecule has 0 unspecified atom stereocenters. The number of amides is 2. The Morgan fingerprint density at radius 3 is 2.43 bits per heavy atom. The third-order valence-electron chi connectivity index (χ3n) is 5.67. The number of carbonyl (C=O) groups is 1. The van der Waals surface area contributed by atoms with Gasteiger partial charge in [0.1, 0.15) is 0 Å². The Labute approximate surface area is 160 Å². The van der Waals surface area contributed by atoms with Crippen LogP contribution in [-0.4, -0.2) is 33.1 Å². The number of hydrogen-bond acceptors (Lipinski definition) is 3. The largest absolute Gasteiger partial charge is 0.418 e. The number of alkyl halides is 3. The second kappa shape index (κ2) is 6.77. The van der Waals surface area contributed by atoms with E-state index in [0.29, 0.717) is 31.2 Å². The van der Waals surface area contributed by atoms with Crippen LogP contribution in [0.1, 0.15) is 36.8 Å². The van der Waals surface area contributed by atoms with Crippen LogP contribution in [-0.2, 0) is 11.8 Å². The molecule has 148 valence electrons. The van der Waals surface area contributed by atoms with Crippen molar-refractivity contribution in [2.75, 3.05) is 5.32 Å². The van der Waals surface area contributed by atoms with Gasteiger partial charge in [-0.2, -0.15) is 13.2 Å². The van der Waals surface area contributed by atoms with Crippen molar-refractivity contribution < 1.29 is 23.1 Å². The fraction of sp³-hybridized carbons (Fsp3) is 0.400. The summed E-state index contributed by atoms with van der Waals surface area (Å²) < 4.78 is 39.6. The first-order valence-electron chi connectivity index (χ1n) is 9.16. The zero-order chi connectivity index (χ0) is 19.9. The van der Waals surface area contributed by atoms with E-state index in [2.05, 4.69) is 10.3 Å². The number of rotatable bonds is 2. The van der Waals surface area contributed by atoms with E-state index in [1.54, 1.807) is 23.4 Å². The van der Waals surface area contributed by atoms with Crippen molar-refractivity contribution in [3.8, 4) is 0 Å². The van der Waals surface area contributed by atoms with Gasteiger partial charge in [0, 0.05) is 42.9 Å². The molecule has 1 aromatic heterocycles. The summed E-state index contributed by atoms with van der Waals surface area (Å²) in [7, 11) is 0. The van der Waals surface area contributed by atoms with Crippen LogP contribution in [0.15, 0.2) is 48.8 Å². The number of urea groups is 1. The summed E-state index contributed by atoms with van der Waals surface area (Å²) in [5.74, 6) is 0. The average molecular weight is 391 g/mol. The fourth-order valence-corrected chi connectivity index (χ4v) is 4.45. The lowest BCUT2D eigenvalue weighted by Crippen LogP contribution is -2.53. The number of aromatic nitrogens is 1. The van der Waals surface area contributed by atoms with E-state index in [0.717, 1.165) is 6.07 Å². The Kier molecular flexibility index (Phi) is 4.53. The summed E-state index contributed by atoms with van der Waals surface area (Å²) in [5.41, 5.74) is -1.51. The first-order valence-corrected chi connectivity index (χ1v) is 9.16. The van der Waals surface area contributed by atoms with E-state index in [9.17, 15) is 23.1 Å². The van der Waals surface area contributed by atoms with Gasteiger partial charge in [-0.1, -0.05) is 18.2 Å². The fourth-order valence-electron chi connectivity index (χ4n) is 4.45. The van der Waals surface area contributed by atoms with Gasteiger partial charge in [-0.3, -0.25) is 4.98 Å². The number of pyridine rings is 1. The number of fused-ring (bicyclic) bond motifs is 2. The molecule has 8 heteroatoms. The lowest BCUT2D eigenvalue weighted by atomic mass is 9.81. The molecule has 28 heavy (non-hydrogen) atoms. The Hall–Kier alpha value is -2.61. The predicted octanol–water partition coefficient (Wildman–Crippen LogP) is 4.15. The quantitative estimate of drug-likeness (QED) is 0.809. The van der Waals surface area contributed by atoms with Gasteiger partial charge in [-0.05, 0) is 31.0 Å². The van der Waals surface area contributed by atoms with E-state index in [1.807, 2.05) is 6.07 Å². The second-order valence-electron chi connectivity index (χ2n) is 7.45. The molecule has 2 saturated heterocycles. The molecular weight excluding hydrogens is 371 g/mol. The standard InChI is InChI=1S/C20H20F3N3O2/c21-20(22,23)16-5-1-2-6-17(16)25-18(27)26-14-7-8-15(26)11-19(28,10-14)13-4-3-9-24-12-13/h1-6,9,12,14-15,28H,7-8,10-11H2,(H,25,27)/t14-,15-/m0/s1. The maximum atomic E-state index is 13.2. The van der Waals surface area contributed by atoms with Crippen LogP contribution in [0.3, 0.4) is 0 Å². The highest BCUT2D eigenvalue weighted by Gasteiger charge is 2.50. The minimum absolute atomic E-state index is 0.234. The smallest absolute Gasteiger partial charge is 0.385 e. The normalized spacial score (nSPS) is 26.9. The van der Waals surface area contributed by atoms with Crippen molar-refractivity contribution in [1.29, 1.82) is 0 Å². The molecule has 0 radical (unpaired) electrons. The van der Waals surface area contributed by atoms with Gasteiger partial charge in [0.25, 0.3) is 0 Å². The van der Waals surface area contributed by atoms with Gasteiger partial charge in [0.2, 0.25) is 0 Å². The van der Waals surface area contributed by atoms with Crippen LogP contribution in [0.25, 0.3) is 0 Å². The van der Waals surface area contributed by atoms with Gasteiger partial charge < -0.3 is 15.3 Å². The van der Waals surface area contributed by atoms with Gasteiger partial charge >= 0.3 is 12.2 Å². The molecule has 0 saturated carbocycles. The number of halogens is 3. The number of carbonyl (C=O) groups excluding carboxylic acids is 1. The summed E-state index contributed by atoms with van der Waals surface area (Å²) in [6.45, 7) is 0. The van der Waals surface area contributed by atoms with Crippen LogP contribution >= 0.6 is 0 Å². The highest BCUT2D eigenvalue weighted by Crippen LogP contribution is 2.46. The molecule has 2 N–H and O–H groups in total. The molecule has 0 spiro atoms. The molecule has 3 heterocycles. The number of para-hydroxylation sites is 1. The van der Waals surface area contributed by atoms with Crippen LogP contribution in [0, 0.1) is 0 Å². The lowest BCUT2D eigenvalue weighted by Gasteiger charge is -2.43. The zero-order valence-corrected chi connectivity index (χ0v) is 15.0. The van der Waals surface area contributed by atoms with Crippen LogP contribution in [0.2, 0.25) is 0 Å². The Bertz CT molecular complexity index is 858. The van der Waals surface area contributed by atoms with Crippen molar-refractivity contribution in [2.45, 2.75) is 49.5 Å². The lowest BCUT2D eigenvalue weighted by molar-refractivity contribution is -0.136. The van der Waals surface area contributed by atoms with E-state index < -0.39 is 23.4 Å². The van der Waals surface area contributed by atoms with Crippen molar-refractivity contribution in [1.82, 2.24) is 9.88 Å². The van der Waals surface area contributed by atoms with Crippen LogP contribution < -0.4 is 5.32 Å². The van der Waals surface area contributed by atoms with Crippen LogP contribution in [0.4, 0.5) is 23.7 Å². The number of anilines is 1. The molecule has 2 bridgehead atoms. The maximum Gasteiger partial charge on any atom is 0.418 e. The van der Waals surface area contributed by atoms with Crippen molar-refractivity contribution in [2.24, 2.45) is 0 Å². The van der Waals surface area contributed by atoms with Gasteiger partial charge in [-0.15, -0.1) is 0 Å². The number of nitrogens with one attached hydrogen (secondary N) is 1. The average Bonchev–Trinajstić information content (AvgIpc) is 2.94. The summed E-state index contributed by atoms with van der Waals surface area (Å²) in [4.78, 5) is 18.5. The van der Waals surface area contributed by atoms with E-state index in [-0.39, 0.29) is 17.8 Å². The molecule has 2 aliphatic rings. The first-order chi connectivity index (χ1) is 13.3. The molecule has 2 amide bonds. The number of hydrogen-bond donors (Lipinski definition) is 2. The molecule has 4 rings (SSSR count). The van der Waals surface area contributed by atoms with Crippen molar-refractivity contribution in [3.05, 3.63) is 59.9 Å². The number of benzene rings is 1. The zero-order valence-electron chi connectivity index (χ0n) is 15.0. The SMILES string of the molecule is O=C(Nc1ccccc1C(F)(F)F)N1[C@H]2CC[C@H]1CC(O)(c1cccnc1)C2. The second-order valence-corrected chi connectivity index (χ2v) is 7.45. The molecule has 2 fully saturated rings. The third kappa shape index (κ3) is 3.32. The number of aliphatic hydroxyl groups is 1. The topological polar surface area (TPSA) is 65.5 Å². The molecule has 1 aromatic carbocycles. The van der Waals surface area contributed by atoms with Crippen molar-refractivity contribution >= 4 is 11.7 Å². The van der Waals surface area contributed by atoms with Gasteiger partial charge in [0.05, 0.1) is 16.9 Å². The molecule has 2 atom stereocenters. The van der Waals surface area contributed by atoms with Gasteiger partial charge in [0.15, 0.2) is 0 Å². The van der Waals surface area contributed by atoms with Crippen molar-refractivity contribution in [3.63, 3.8) is 0 Å². The maximum absolute atomic E-state index is 13.2. The Balaban J connectivity index is 1.54. The predicted molar refractivity (Wildman–Crippen MR) is 96.5 cm³/mol. The van der Waals surface area contributed by atoms with E-state index >= 15 is 0 Å². The van der Waals surface area contributed by atoms with E-state index in [1.165, 1.54) is 18.2 Å². The minimum Gasteiger partial charge on any atom is -0.385 e. The molecule has 2 aliphatic heterocycles. The van der Waals surface area contributed by atoms with Gasteiger partial charge in [-0.25, -0.2) is 4.79 Å². The first kappa shape index (κ1) is 18.7. The van der Waals surface area contributed by atoms with Crippen LogP contribution in [0.5, 0.6) is 0 Å². The Morgan fingerprint density at radius 2 is 1.82 bits per heavy atom. The molecule has 0 aliphatic carbocycles. The highest BCUT2D eigenvalue weighted by atomic mass is 19.4. The monoisotopic (exact) mass is 391 g/mol. The Morgan fingerprint density at radius 1 is 1.14 bits per heavy atom. The molecular formula is C20H20F3N3O2. The summed E-state index contributed by atoms with van der Waals surface area (Å²) in [6.07, 6.45) is 0.790. The molecule has 5 nitrogen and oxygen atoms in total. The highest BCUT2D eigenvalue weighted by molar-refractivity contribution is 5.91. The third-order valence-corrected chi connectivity index (χ3v) is 5.67. The number of nitrogens with zero attached hydrogens (tertiary/aromatic N) is 2. The van der Waals surface area contributed by atoms with E-state index in [4.69, 9.17) is 0 Å². The number of piperidine rings is 1.